The molecule has 2 aliphatic rings. The Hall–Kier alpha value is -2.62. The molecule has 186 valence electrons. The molecule has 3 aromatic carbocycles. The van der Waals surface area contributed by atoms with Gasteiger partial charge in [0.1, 0.15) is 5.76 Å². The minimum absolute atomic E-state index is 0. The summed E-state index contributed by atoms with van der Waals surface area (Å²) >= 11 is 0. The van der Waals surface area contributed by atoms with E-state index in [9.17, 15) is 13.6 Å². The zero-order chi connectivity index (χ0) is 25.9. The number of aryl methyl sites for hydroxylation is 1. The third-order valence-corrected chi connectivity index (χ3v) is 5.43. The van der Waals surface area contributed by atoms with Crippen molar-refractivity contribution >= 4 is 17.3 Å². The van der Waals surface area contributed by atoms with E-state index < -0.39 is 12.3 Å². The van der Waals surface area contributed by atoms with Crippen molar-refractivity contribution in [3.63, 3.8) is 0 Å². The predicted octanol–water partition coefficient (Wildman–Crippen LogP) is 4.30. The number of ether oxygens (including phenoxy) is 3. The topological polar surface area (TPSA) is 65.0 Å². The minimum atomic E-state index is -3.63. The van der Waals surface area contributed by atoms with Crippen LogP contribution in [-0.2, 0) is 0 Å². The van der Waals surface area contributed by atoms with Crippen LogP contribution in [0.1, 0.15) is 52.9 Å². The van der Waals surface area contributed by atoms with Crippen LogP contribution in [0.25, 0.3) is 11.3 Å². The van der Waals surface area contributed by atoms with Gasteiger partial charge in [0.15, 0.2) is 11.5 Å². The Labute approximate surface area is 257 Å². The van der Waals surface area contributed by atoms with Crippen molar-refractivity contribution in [1.29, 1.82) is 0 Å². The molecule has 8 heteroatoms. The van der Waals surface area contributed by atoms with Crippen LogP contribution in [-0.4, -0.2) is 17.4 Å². The van der Waals surface area contributed by atoms with E-state index in [4.69, 9.17) is 9.84 Å². The summed E-state index contributed by atoms with van der Waals surface area (Å²) in [6.45, 7) is 6.08. The van der Waals surface area contributed by atoms with Gasteiger partial charge in [-0.05, 0) is 41.8 Å². The van der Waals surface area contributed by atoms with E-state index in [1.54, 1.807) is 24.3 Å². The van der Waals surface area contributed by atoms with Gasteiger partial charge in [-0.1, -0.05) is 38.5 Å². The van der Waals surface area contributed by atoms with E-state index in [0.717, 1.165) is 34.4 Å². The van der Waals surface area contributed by atoms with Crippen molar-refractivity contribution in [3.05, 3.63) is 107 Å². The Bertz CT molecular complexity index is 1350. The number of halogens is 2. The monoisotopic (exact) mass is 529 g/mol. The number of hydrogen-bond acceptors (Lipinski definition) is 4. The number of hydrogen-bond donors (Lipinski definition) is 1. The maximum Gasteiger partial charge on any atom is 1.00 e. The molecule has 37 heavy (non-hydrogen) atoms. The van der Waals surface area contributed by atoms with Crippen LogP contribution in [0, 0.1) is 19.4 Å². The van der Waals surface area contributed by atoms with Gasteiger partial charge in [-0.15, -0.1) is 50.2 Å². The van der Waals surface area contributed by atoms with Crippen molar-refractivity contribution in [1.82, 2.24) is 0 Å². The summed E-state index contributed by atoms with van der Waals surface area (Å²) in [5, 5.41) is 8.35. The van der Waals surface area contributed by atoms with E-state index in [0.29, 0.717) is 11.3 Å². The molecule has 0 unspecified atom stereocenters. The van der Waals surface area contributed by atoms with Crippen LogP contribution in [0.15, 0.2) is 66.7 Å². The molecule has 0 atom stereocenters. The molecule has 5 rings (SSSR count). The number of carbonyl (C=O) groups is 1. The molecule has 5 nitrogen and oxygen atoms in total. The SMILES string of the molecule is C[CH-]c1cc(C)cc2c1OC(c1ccc3c(c1)OC(F)(F)O3)=C/C2=C/CC.O=C(O)c1[c-]cccc1.[K+]. The van der Waals surface area contributed by atoms with Crippen LogP contribution in [0.4, 0.5) is 8.78 Å². The third kappa shape index (κ3) is 6.83. The van der Waals surface area contributed by atoms with E-state index in [-0.39, 0.29) is 68.4 Å². The zero-order valence-electron chi connectivity index (χ0n) is 21.0. The first-order valence-electron chi connectivity index (χ1n) is 11.3. The van der Waals surface area contributed by atoms with Gasteiger partial charge in [0.2, 0.25) is 5.97 Å². The van der Waals surface area contributed by atoms with Crippen molar-refractivity contribution in [2.45, 2.75) is 33.5 Å². The quantitative estimate of drug-likeness (QED) is 0.403. The van der Waals surface area contributed by atoms with E-state index in [1.807, 2.05) is 26.3 Å². The standard InChI is InChI=1S/C22H19F2O3.C7H5O2.K/c1-4-6-15-11-19(25-21-14(5-2)9-13(3)10-17(15)21)16-7-8-18-20(12-16)27-22(23,24)26-18;8-7(9)6-4-2-1-3-5-6;/h5-12H,4H2,1-3H3;1-4H,(H,8,9);/q2*-1;+1/b15-6-;;. The normalized spacial score (nSPS) is 15.3. The molecule has 0 radical (unpaired) electrons. The summed E-state index contributed by atoms with van der Waals surface area (Å²) in [7, 11) is 0. The molecule has 3 aromatic rings. The molecule has 0 saturated heterocycles. The average molecular weight is 530 g/mol. The van der Waals surface area contributed by atoms with Gasteiger partial charge in [-0.3, -0.25) is 0 Å². The van der Waals surface area contributed by atoms with Gasteiger partial charge in [0.05, 0.1) is 0 Å². The summed E-state index contributed by atoms with van der Waals surface area (Å²) in [6, 6.07) is 17.9. The molecule has 0 aliphatic carbocycles. The second kappa shape index (κ2) is 12.3. The van der Waals surface area contributed by atoms with Crippen LogP contribution >= 0.6 is 0 Å². The largest absolute Gasteiger partial charge is 1.00 e. The van der Waals surface area contributed by atoms with Gasteiger partial charge < -0.3 is 24.1 Å². The van der Waals surface area contributed by atoms with Crippen LogP contribution in [0.3, 0.4) is 0 Å². The molecule has 1 N–H and O–H groups in total. The molecule has 2 aliphatic heterocycles. The first-order chi connectivity index (χ1) is 17.2. The zero-order valence-corrected chi connectivity index (χ0v) is 24.1. The second-order valence-electron chi connectivity index (χ2n) is 8.11. The van der Waals surface area contributed by atoms with E-state index in [1.165, 1.54) is 18.2 Å². The molecule has 0 spiro atoms. The summed E-state index contributed by atoms with van der Waals surface area (Å²) < 4.78 is 41.8. The molecule has 0 bridgehead atoms. The first kappa shape index (κ1) is 28.9. The number of carboxylic acid groups (broad SMARTS) is 1. The molecule has 0 amide bonds. The first-order valence-corrected chi connectivity index (χ1v) is 11.3. The van der Waals surface area contributed by atoms with Crippen LogP contribution in [0.5, 0.6) is 17.2 Å². The van der Waals surface area contributed by atoms with Gasteiger partial charge in [-0.25, -0.2) is 0 Å². The second-order valence-corrected chi connectivity index (χ2v) is 8.11. The molecule has 0 saturated carbocycles. The summed E-state index contributed by atoms with van der Waals surface area (Å²) in [5.74, 6) is 0.428. The van der Waals surface area contributed by atoms with Crippen molar-refractivity contribution in [3.8, 4) is 17.2 Å². The van der Waals surface area contributed by atoms with Crippen molar-refractivity contribution in [2.75, 3.05) is 0 Å². The number of fused-ring (bicyclic) bond motifs is 2. The van der Waals surface area contributed by atoms with E-state index >= 15 is 0 Å². The fourth-order valence-electron chi connectivity index (χ4n) is 3.86. The number of benzene rings is 3. The smallest absolute Gasteiger partial charge is 0.521 e. The maximum absolute atomic E-state index is 13.3. The average Bonchev–Trinajstić information content (AvgIpc) is 3.17. The number of allylic oxidation sites excluding steroid dienone is 3. The summed E-state index contributed by atoms with van der Waals surface area (Å²) in [4.78, 5) is 10.2. The number of aromatic carboxylic acids is 1. The fourth-order valence-corrected chi connectivity index (χ4v) is 3.86. The summed E-state index contributed by atoms with van der Waals surface area (Å²) in [5.41, 5.74) is 5.06. The van der Waals surface area contributed by atoms with Gasteiger partial charge in [-0.2, -0.15) is 12.5 Å². The van der Waals surface area contributed by atoms with Crippen LogP contribution in [0.2, 0.25) is 0 Å². The van der Waals surface area contributed by atoms with Crippen LogP contribution < -0.4 is 65.6 Å². The maximum atomic E-state index is 13.3. The third-order valence-electron chi connectivity index (χ3n) is 5.43. The molecule has 0 fully saturated rings. The minimum Gasteiger partial charge on any atom is -0.521 e. The number of alkyl halides is 2. The van der Waals surface area contributed by atoms with Gasteiger partial charge >= 0.3 is 57.7 Å². The molecule has 0 aromatic heterocycles. The Balaban J connectivity index is 0.000000324. The Morgan fingerprint density at radius 1 is 1.14 bits per heavy atom. The molecular weight excluding hydrogens is 505 g/mol. The van der Waals surface area contributed by atoms with Gasteiger partial charge in [0, 0.05) is 11.3 Å². The Morgan fingerprint density at radius 2 is 1.89 bits per heavy atom. The number of rotatable bonds is 4. The molecular formula is C29H24F2KO5-. The number of carboxylic acids is 1. The van der Waals surface area contributed by atoms with Crippen molar-refractivity contribution in [2.24, 2.45) is 0 Å². The van der Waals surface area contributed by atoms with Gasteiger partial charge in [0.25, 0.3) is 0 Å². The fraction of sp³-hybridized carbons (Fsp3) is 0.172. The molecule has 2 heterocycles. The van der Waals surface area contributed by atoms with Crippen molar-refractivity contribution < 1.29 is 84.3 Å². The summed E-state index contributed by atoms with van der Waals surface area (Å²) in [6.07, 6.45) is 3.29. The van der Waals surface area contributed by atoms with E-state index in [2.05, 4.69) is 40.7 Å². The Kier molecular flexibility index (Phi) is 9.60. The Morgan fingerprint density at radius 3 is 2.51 bits per heavy atom. The predicted molar refractivity (Wildman–Crippen MR) is 132 cm³/mol.